The Morgan fingerprint density at radius 2 is 2.27 bits per heavy atom. The second kappa shape index (κ2) is 4.19. The van der Waals surface area contributed by atoms with Gasteiger partial charge in [-0.05, 0) is 6.07 Å². The smallest absolute Gasteiger partial charge is 0.313 e. The van der Waals surface area contributed by atoms with E-state index in [0.29, 0.717) is 0 Å². The molecule has 1 aromatic carbocycles. The van der Waals surface area contributed by atoms with Crippen LogP contribution in [0.2, 0.25) is 0 Å². The molecule has 0 saturated heterocycles. The highest BCUT2D eigenvalue weighted by Gasteiger charge is 2.20. The summed E-state index contributed by atoms with van der Waals surface area (Å²) in [6.07, 6.45) is 0. The molecule has 0 bridgehead atoms. The third kappa shape index (κ3) is 2.28. The number of hydrogen-bond acceptors (Lipinski definition) is 5. The summed E-state index contributed by atoms with van der Waals surface area (Å²) in [6, 6.07) is 5.57. The number of nitro benzene ring substituents is 1. The van der Waals surface area contributed by atoms with Gasteiger partial charge in [0.25, 0.3) is 0 Å². The van der Waals surface area contributed by atoms with E-state index in [4.69, 9.17) is 5.26 Å². The van der Waals surface area contributed by atoms with Crippen molar-refractivity contribution in [2.45, 2.75) is 6.92 Å². The standard InChI is InChI=1S/C9H6N2O4/c1-6(12)15-9-7(5-10)3-2-4-8(9)11(13)14/h2-4H,1H3. The van der Waals surface area contributed by atoms with Gasteiger partial charge < -0.3 is 4.74 Å². The maximum atomic E-state index is 10.7. The minimum atomic E-state index is -0.709. The van der Waals surface area contributed by atoms with Crippen molar-refractivity contribution in [3.05, 3.63) is 33.9 Å². The number of nitro groups is 1. The average molecular weight is 206 g/mol. The molecule has 0 aliphatic heterocycles. The monoisotopic (exact) mass is 206 g/mol. The van der Waals surface area contributed by atoms with Crippen LogP contribution >= 0.6 is 0 Å². The molecule has 1 rings (SSSR count). The van der Waals surface area contributed by atoms with Gasteiger partial charge in [0.05, 0.1) is 4.92 Å². The van der Waals surface area contributed by atoms with Crippen molar-refractivity contribution in [2.75, 3.05) is 0 Å². The summed E-state index contributed by atoms with van der Waals surface area (Å²) < 4.78 is 4.63. The lowest BCUT2D eigenvalue weighted by Crippen LogP contribution is -2.05. The van der Waals surface area contributed by atoms with Gasteiger partial charge in [0.15, 0.2) is 0 Å². The lowest BCUT2D eigenvalue weighted by Gasteiger charge is -2.03. The van der Waals surface area contributed by atoms with E-state index in [1.807, 2.05) is 0 Å². The summed E-state index contributed by atoms with van der Waals surface area (Å²) in [4.78, 5) is 20.6. The molecule has 15 heavy (non-hydrogen) atoms. The van der Waals surface area contributed by atoms with E-state index in [1.165, 1.54) is 18.2 Å². The number of ether oxygens (including phenoxy) is 1. The number of nitrogens with zero attached hydrogens (tertiary/aromatic N) is 2. The minimum Gasteiger partial charge on any atom is -0.418 e. The summed E-state index contributed by atoms with van der Waals surface area (Å²) in [5.41, 5.74) is -0.441. The first-order valence-electron chi connectivity index (χ1n) is 3.92. The van der Waals surface area contributed by atoms with Crippen LogP contribution in [-0.2, 0) is 4.79 Å². The van der Waals surface area contributed by atoms with E-state index in [-0.39, 0.29) is 11.3 Å². The molecule has 0 unspecified atom stereocenters. The molecule has 0 aliphatic rings. The molecule has 0 aliphatic carbocycles. The molecule has 0 aromatic heterocycles. The largest absolute Gasteiger partial charge is 0.418 e. The molecule has 6 nitrogen and oxygen atoms in total. The lowest BCUT2D eigenvalue weighted by molar-refractivity contribution is -0.385. The average Bonchev–Trinajstić information content (AvgIpc) is 2.16. The van der Waals surface area contributed by atoms with Gasteiger partial charge in [0.1, 0.15) is 11.6 Å². The summed E-state index contributed by atoms with van der Waals surface area (Å²) >= 11 is 0. The maximum absolute atomic E-state index is 10.7. The highest BCUT2D eigenvalue weighted by molar-refractivity contribution is 5.73. The molecule has 0 atom stereocenters. The Bertz CT molecular complexity index is 462. The SMILES string of the molecule is CC(=O)Oc1c(C#N)cccc1[N+](=O)[O-]. The minimum absolute atomic E-state index is 0.0422. The lowest BCUT2D eigenvalue weighted by atomic mass is 10.2. The fourth-order valence-electron chi connectivity index (χ4n) is 1.01. The Balaban J connectivity index is 3.34. The van der Waals surface area contributed by atoms with E-state index in [1.54, 1.807) is 6.07 Å². The first-order valence-corrected chi connectivity index (χ1v) is 3.92. The molecular weight excluding hydrogens is 200 g/mol. The Kier molecular flexibility index (Phi) is 2.98. The van der Waals surface area contributed by atoms with Crippen LogP contribution in [0.1, 0.15) is 12.5 Å². The first-order chi connectivity index (χ1) is 7.06. The quantitative estimate of drug-likeness (QED) is 0.315. The van der Waals surface area contributed by atoms with Crippen molar-refractivity contribution in [2.24, 2.45) is 0 Å². The van der Waals surface area contributed by atoms with Crippen LogP contribution in [0.15, 0.2) is 18.2 Å². The summed E-state index contributed by atoms with van der Waals surface area (Å²) in [5, 5.41) is 19.2. The summed E-state index contributed by atoms with van der Waals surface area (Å²) in [6.45, 7) is 1.11. The zero-order valence-electron chi connectivity index (χ0n) is 7.76. The van der Waals surface area contributed by atoms with Crippen molar-refractivity contribution < 1.29 is 14.5 Å². The Labute approximate surface area is 84.8 Å². The Hall–Kier alpha value is -2.42. The van der Waals surface area contributed by atoms with Crippen LogP contribution in [0, 0.1) is 21.4 Å². The van der Waals surface area contributed by atoms with Crippen LogP contribution in [0.4, 0.5) is 5.69 Å². The molecule has 6 heteroatoms. The number of carbonyl (C=O) groups is 1. The summed E-state index contributed by atoms with van der Waals surface area (Å²) in [5.74, 6) is -1.02. The zero-order valence-corrected chi connectivity index (χ0v) is 7.76. The van der Waals surface area contributed by atoms with Crippen molar-refractivity contribution in [3.8, 4) is 11.8 Å². The molecule has 76 valence electrons. The number of para-hydroxylation sites is 1. The van der Waals surface area contributed by atoms with Crippen molar-refractivity contribution >= 4 is 11.7 Å². The molecule has 1 aromatic rings. The number of rotatable bonds is 2. The second-order valence-electron chi connectivity index (χ2n) is 2.62. The van der Waals surface area contributed by atoms with Gasteiger partial charge in [-0.25, -0.2) is 0 Å². The van der Waals surface area contributed by atoms with Crippen LogP contribution in [0.5, 0.6) is 5.75 Å². The molecule has 0 amide bonds. The number of nitriles is 1. The predicted octanol–water partition coefficient (Wildman–Crippen LogP) is 1.39. The van der Waals surface area contributed by atoms with E-state index in [2.05, 4.69) is 4.74 Å². The fourth-order valence-corrected chi connectivity index (χ4v) is 1.01. The van der Waals surface area contributed by atoms with E-state index >= 15 is 0 Å². The van der Waals surface area contributed by atoms with Gasteiger partial charge in [-0.1, -0.05) is 6.07 Å². The third-order valence-corrected chi connectivity index (χ3v) is 1.56. The maximum Gasteiger partial charge on any atom is 0.313 e. The molecule has 0 saturated carbocycles. The normalized spacial score (nSPS) is 9.07. The van der Waals surface area contributed by atoms with Crippen LogP contribution in [0.25, 0.3) is 0 Å². The van der Waals surface area contributed by atoms with Gasteiger partial charge in [-0.2, -0.15) is 5.26 Å². The van der Waals surface area contributed by atoms with Gasteiger partial charge in [-0.3, -0.25) is 14.9 Å². The number of carbonyl (C=O) groups excluding carboxylic acids is 1. The third-order valence-electron chi connectivity index (χ3n) is 1.56. The predicted molar refractivity (Wildman–Crippen MR) is 49.1 cm³/mol. The number of esters is 1. The molecule has 0 fully saturated rings. The van der Waals surface area contributed by atoms with Gasteiger partial charge >= 0.3 is 11.7 Å². The Morgan fingerprint density at radius 3 is 2.73 bits per heavy atom. The van der Waals surface area contributed by atoms with Crippen LogP contribution in [0.3, 0.4) is 0 Å². The summed E-state index contributed by atoms with van der Waals surface area (Å²) in [7, 11) is 0. The highest BCUT2D eigenvalue weighted by Crippen LogP contribution is 2.30. The van der Waals surface area contributed by atoms with Crippen LogP contribution in [-0.4, -0.2) is 10.9 Å². The topological polar surface area (TPSA) is 93.2 Å². The molecule has 0 heterocycles. The van der Waals surface area contributed by atoms with Crippen molar-refractivity contribution in [1.29, 1.82) is 5.26 Å². The van der Waals surface area contributed by atoms with E-state index in [9.17, 15) is 14.9 Å². The zero-order chi connectivity index (χ0) is 11.4. The molecule has 0 spiro atoms. The van der Waals surface area contributed by atoms with Gasteiger partial charge in [0.2, 0.25) is 5.75 Å². The second-order valence-corrected chi connectivity index (χ2v) is 2.62. The highest BCUT2D eigenvalue weighted by atomic mass is 16.6. The van der Waals surface area contributed by atoms with Crippen molar-refractivity contribution in [3.63, 3.8) is 0 Å². The molecule has 0 N–H and O–H groups in total. The van der Waals surface area contributed by atoms with Gasteiger partial charge in [0, 0.05) is 13.0 Å². The van der Waals surface area contributed by atoms with Crippen molar-refractivity contribution in [1.82, 2.24) is 0 Å². The van der Waals surface area contributed by atoms with E-state index < -0.39 is 16.6 Å². The molecular formula is C9H6N2O4. The molecule has 0 radical (unpaired) electrons. The number of hydrogen-bond donors (Lipinski definition) is 0. The first kappa shape index (κ1) is 10.7. The fraction of sp³-hybridized carbons (Fsp3) is 0.111. The van der Waals surface area contributed by atoms with E-state index in [0.717, 1.165) is 6.92 Å². The van der Waals surface area contributed by atoms with Gasteiger partial charge in [-0.15, -0.1) is 0 Å². The van der Waals surface area contributed by atoms with Crippen LogP contribution < -0.4 is 4.74 Å². The number of benzene rings is 1. The Morgan fingerprint density at radius 1 is 1.60 bits per heavy atom.